The number of hydrogen-bond acceptors (Lipinski definition) is 6. The highest BCUT2D eigenvalue weighted by atomic mass is 19.1. The molecule has 7 nitrogen and oxygen atoms in total. The normalized spacial score (nSPS) is 16.3. The molecule has 0 unspecified atom stereocenters. The van der Waals surface area contributed by atoms with Gasteiger partial charge in [0.1, 0.15) is 0 Å². The second-order valence-electron chi connectivity index (χ2n) is 9.78. The summed E-state index contributed by atoms with van der Waals surface area (Å²) in [6, 6.07) is 16.1. The number of nitrogens with zero attached hydrogens (tertiary/aromatic N) is 3. The van der Waals surface area contributed by atoms with Crippen LogP contribution in [-0.4, -0.2) is 64.9 Å². The first-order chi connectivity index (χ1) is 18.6. The summed E-state index contributed by atoms with van der Waals surface area (Å²) in [7, 11) is 0. The molecule has 0 bridgehead atoms. The predicted octanol–water partition coefficient (Wildman–Crippen LogP) is 5.52. The Bertz CT molecular complexity index is 1120. The lowest BCUT2D eigenvalue weighted by atomic mass is 10.1. The van der Waals surface area contributed by atoms with Crippen LogP contribution in [0.4, 0.5) is 4.39 Å². The van der Waals surface area contributed by atoms with E-state index in [1.54, 1.807) is 22.9 Å². The van der Waals surface area contributed by atoms with Gasteiger partial charge in [-0.15, -0.1) is 0 Å². The Morgan fingerprint density at radius 3 is 2.66 bits per heavy atom. The first-order valence-electron chi connectivity index (χ1n) is 13.8. The molecule has 0 radical (unpaired) electrons. The van der Waals surface area contributed by atoms with Crippen molar-refractivity contribution in [2.75, 3.05) is 32.9 Å². The van der Waals surface area contributed by atoms with Gasteiger partial charge < -0.3 is 19.3 Å². The summed E-state index contributed by atoms with van der Waals surface area (Å²) in [6.07, 6.45) is 4.20. The van der Waals surface area contributed by atoms with Crippen molar-refractivity contribution in [2.24, 2.45) is 0 Å². The van der Waals surface area contributed by atoms with E-state index < -0.39 is 11.9 Å². The van der Waals surface area contributed by atoms with E-state index in [-0.39, 0.29) is 18.5 Å². The van der Waals surface area contributed by atoms with Crippen LogP contribution in [0.3, 0.4) is 0 Å². The molecule has 0 amide bonds. The molecule has 38 heavy (non-hydrogen) atoms. The summed E-state index contributed by atoms with van der Waals surface area (Å²) in [6.45, 7) is 7.42. The summed E-state index contributed by atoms with van der Waals surface area (Å²) in [4.78, 5) is 2.18. The van der Waals surface area contributed by atoms with Crippen LogP contribution < -0.4 is 4.74 Å². The quantitative estimate of drug-likeness (QED) is 0.263. The fourth-order valence-electron chi connectivity index (χ4n) is 4.72. The molecule has 2 atom stereocenters. The molecule has 1 N–H and O–H groups in total. The van der Waals surface area contributed by atoms with E-state index in [1.165, 1.54) is 6.07 Å². The number of aliphatic hydroxyl groups excluding tert-OH is 1. The van der Waals surface area contributed by atoms with E-state index in [4.69, 9.17) is 19.3 Å². The molecule has 8 heteroatoms. The van der Waals surface area contributed by atoms with Crippen molar-refractivity contribution in [1.82, 2.24) is 14.7 Å². The molecule has 2 aromatic carbocycles. The van der Waals surface area contributed by atoms with Crippen LogP contribution in [0.2, 0.25) is 0 Å². The van der Waals surface area contributed by atoms with Crippen LogP contribution in [0.25, 0.3) is 5.69 Å². The Labute approximate surface area is 225 Å². The van der Waals surface area contributed by atoms with Crippen LogP contribution in [0.1, 0.15) is 50.8 Å². The zero-order chi connectivity index (χ0) is 26.7. The molecule has 3 aromatic rings. The third-order valence-electron chi connectivity index (χ3n) is 6.69. The standard InChI is InChI=1S/C30H40FN3O4/c1-3-5-17-36-22-24(35)19-33(20-25-14-11-18-37-25)21-26-28(4-2)32-34(23-12-7-6-8-13-23)30(26)38-29-16-10-9-15-27(29)31/h6-10,12-13,15-16,24-25,35H,3-5,11,14,17-22H2,1-2H3/t24-,25-/m0/s1. The number of para-hydroxylation sites is 2. The predicted molar refractivity (Wildman–Crippen MR) is 145 cm³/mol. The van der Waals surface area contributed by atoms with Gasteiger partial charge in [0.25, 0.3) is 0 Å². The average molecular weight is 526 g/mol. The van der Waals surface area contributed by atoms with Crippen molar-refractivity contribution in [3.8, 4) is 17.3 Å². The molecule has 1 saturated heterocycles. The molecular weight excluding hydrogens is 485 g/mol. The van der Waals surface area contributed by atoms with Crippen molar-refractivity contribution in [2.45, 2.75) is 64.7 Å². The van der Waals surface area contributed by atoms with Crippen LogP contribution in [0.5, 0.6) is 11.6 Å². The number of unbranched alkanes of at least 4 members (excludes halogenated alkanes) is 1. The van der Waals surface area contributed by atoms with E-state index >= 15 is 0 Å². The van der Waals surface area contributed by atoms with Gasteiger partial charge in [-0.05, 0) is 49.9 Å². The van der Waals surface area contributed by atoms with Crippen molar-refractivity contribution >= 4 is 0 Å². The molecule has 0 spiro atoms. The minimum absolute atomic E-state index is 0.105. The fraction of sp³-hybridized carbons (Fsp3) is 0.500. The summed E-state index contributed by atoms with van der Waals surface area (Å²) >= 11 is 0. The Hall–Kier alpha value is -2.78. The first kappa shape index (κ1) is 28.2. The Morgan fingerprint density at radius 1 is 1.16 bits per heavy atom. The van der Waals surface area contributed by atoms with Gasteiger partial charge in [-0.1, -0.05) is 50.6 Å². The van der Waals surface area contributed by atoms with Crippen molar-refractivity contribution in [1.29, 1.82) is 0 Å². The number of halogens is 1. The van der Waals surface area contributed by atoms with Crippen LogP contribution in [0.15, 0.2) is 54.6 Å². The van der Waals surface area contributed by atoms with Gasteiger partial charge in [0.15, 0.2) is 11.6 Å². The van der Waals surface area contributed by atoms with Gasteiger partial charge in [-0.3, -0.25) is 4.90 Å². The van der Waals surface area contributed by atoms with Gasteiger partial charge in [-0.25, -0.2) is 9.07 Å². The van der Waals surface area contributed by atoms with Gasteiger partial charge >= 0.3 is 0 Å². The monoisotopic (exact) mass is 525 g/mol. The smallest absolute Gasteiger partial charge is 0.227 e. The van der Waals surface area contributed by atoms with E-state index in [0.29, 0.717) is 38.5 Å². The highest BCUT2D eigenvalue weighted by molar-refractivity contribution is 5.44. The SMILES string of the molecule is CCCCOC[C@@H](O)CN(Cc1c(CC)nn(-c2ccccc2)c1Oc1ccccc1F)C[C@@H]1CCCO1. The maximum atomic E-state index is 14.7. The number of hydrogen-bond donors (Lipinski definition) is 1. The number of aromatic nitrogens is 2. The number of aliphatic hydroxyl groups is 1. The molecule has 1 aliphatic heterocycles. The molecule has 1 fully saturated rings. The molecule has 1 aliphatic rings. The molecular formula is C30H40FN3O4. The molecule has 0 saturated carbocycles. The lowest BCUT2D eigenvalue weighted by molar-refractivity contribution is 0.00135. The highest BCUT2D eigenvalue weighted by Crippen LogP contribution is 2.33. The van der Waals surface area contributed by atoms with Crippen LogP contribution in [-0.2, 0) is 22.4 Å². The largest absolute Gasteiger partial charge is 0.435 e. The Morgan fingerprint density at radius 2 is 1.95 bits per heavy atom. The van der Waals surface area contributed by atoms with Crippen LogP contribution in [0, 0.1) is 5.82 Å². The minimum atomic E-state index is -0.640. The van der Waals surface area contributed by atoms with Crippen molar-refractivity contribution < 1.29 is 23.7 Å². The zero-order valence-electron chi connectivity index (χ0n) is 22.5. The van der Waals surface area contributed by atoms with Crippen molar-refractivity contribution in [3.63, 3.8) is 0 Å². The summed E-state index contributed by atoms with van der Waals surface area (Å²) in [5.41, 5.74) is 2.57. The molecule has 2 heterocycles. The second kappa shape index (κ2) is 14.4. The molecule has 1 aromatic heterocycles. The lowest BCUT2D eigenvalue weighted by Crippen LogP contribution is -2.39. The van der Waals surface area contributed by atoms with E-state index in [2.05, 4.69) is 18.7 Å². The number of aryl methyl sites for hydroxylation is 1. The first-order valence-corrected chi connectivity index (χ1v) is 13.8. The summed E-state index contributed by atoms with van der Waals surface area (Å²) in [5, 5.41) is 15.7. The Balaban J connectivity index is 1.65. The van der Waals surface area contributed by atoms with Crippen molar-refractivity contribution in [3.05, 3.63) is 71.7 Å². The maximum absolute atomic E-state index is 14.7. The second-order valence-corrected chi connectivity index (χ2v) is 9.78. The maximum Gasteiger partial charge on any atom is 0.227 e. The van der Waals surface area contributed by atoms with Gasteiger partial charge in [0.05, 0.1) is 35.8 Å². The van der Waals surface area contributed by atoms with E-state index in [9.17, 15) is 9.50 Å². The van der Waals surface area contributed by atoms with Crippen LogP contribution >= 0.6 is 0 Å². The molecule has 4 rings (SSSR count). The topological polar surface area (TPSA) is 69.0 Å². The van der Waals surface area contributed by atoms with Gasteiger partial charge in [0.2, 0.25) is 5.88 Å². The molecule has 0 aliphatic carbocycles. The zero-order valence-corrected chi connectivity index (χ0v) is 22.5. The summed E-state index contributed by atoms with van der Waals surface area (Å²) in [5.74, 6) is 0.181. The molecule has 206 valence electrons. The minimum Gasteiger partial charge on any atom is -0.435 e. The van der Waals surface area contributed by atoms with E-state index in [1.807, 2.05) is 30.3 Å². The van der Waals surface area contributed by atoms with Gasteiger partial charge in [0, 0.05) is 32.8 Å². The number of ether oxygens (including phenoxy) is 3. The van der Waals surface area contributed by atoms with Gasteiger partial charge in [-0.2, -0.15) is 5.10 Å². The fourth-order valence-corrected chi connectivity index (χ4v) is 4.72. The third kappa shape index (κ3) is 7.63. The summed E-state index contributed by atoms with van der Waals surface area (Å²) < 4.78 is 34.3. The Kier molecular flexibility index (Phi) is 10.7. The average Bonchev–Trinajstić information content (AvgIpc) is 3.56. The lowest BCUT2D eigenvalue weighted by Gasteiger charge is -2.28. The number of rotatable bonds is 15. The van der Waals surface area contributed by atoms with E-state index in [0.717, 1.165) is 49.2 Å². The third-order valence-corrected chi connectivity index (χ3v) is 6.69. The highest BCUT2D eigenvalue weighted by Gasteiger charge is 2.27. The number of benzene rings is 2.